The molecule has 2 N–H and O–H groups in total. The Morgan fingerprint density at radius 1 is 1.16 bits per heavy atom. The number of amides is 2. The van der Waals surface area contributed by atoms with Gasteiger partial charge in [-0.1, -0.05) is 12.1 Å². The number of rotatable bonds is 3. The number of carbonyl (C=O) groups excluding carboxylic acids is 1. The lowest BCUT2D eigenvalue weighted by molar-refractivity contribution is -0.137. The van der Waals surface area contributed by atoms with Crippen molar-refractivity contribution in [3.05, 3.63) is 71.1 Å². The Kier molecular flexibility index (Phi) is 4.85. The lowest BCUT2D eigenvalue weighted by atomic mass is 10.0. The van der Waals surface area contributed by atoms with Crippen LogP contribution in [0.3, 0.4) is 0 Å². The van der Waals surface area contributed by atoms with Gasteiger partial charge in [-0.3, -0.25) is 0 Å². The molecular weight excluding hydrogens is 430 g/mol. The summed E-state index contributed by atoms with van der Waals surface area (Å²) in [5.41, 5.74) is 2.11. The number of fused-ring (bicyclic) bond motifs is 1. The number of nitrogens with one attached hydrogen (secondary N) is 2. The van der Waals surface area contributed by atoms with Gasteiger partial charge < -0.3 is 15.4 Å². The van der Waals surface area contributed by atoms with Crippen LogP contribution in [0.4, 0.5) is 22.4 Å². The molecule has 166 valence electrons. The van der Waals surface area contributed by atoms with E-state index in [2.05, 4.69) is 20.7 Å². The summed E-state index contributed by atoms with van der Waals surface area (Å²) < 4.78 is 59.4. The van der Waals surface area contributed by atoms with Crippen molar-refractivity contribution in [2.24, 2.45) is 0 Å². The van der Waals surface area contributed by atoms with Crippen molar-refractivity contribution in [2.75, 3.05) is 13.3 Å². The van der Waals surface area contributed by atoms with Crippen LogP contribution >= 0.6 is 0 Å². The van der Waals surface area contributed by atoms with Crippen molar-refractivity contribution >= 4 is 17.3 Å². The summed E-state index contributed by atoms with van der Waals surface area (Å²) in [5, 5.41) is 9.35. The van der Waals surface area contributed by atoms with E-state index in [1.165, 1.54) is 18.3 Å². The summed E-state index contributed by atoms with van der Waals surface area (Å²) in [6.45, 7) is 0.144. The van der Waals surface area contributed by atoms with E-state index in [-0.39, 0.29) is 25.2 Å². The van der Waals surface area contributed by atoms with Crippen molar-refractivity contribution in [3.63, 3.8) is 0 Å². The third-order valence-electron chi connectivity index (χ3n) is 5.61. The van der Waals surface area contributed by atoms with Gasteiger partial charge in [0, 0.05) is 17.3 Å². The minimum Gasteiger partial charge on any atom is -0.356 e. The Morgan fingerprint density at radius 3 is 2.69 bits per heavy atom. The van der Waals surface area contributed by atoms with Gasteiger partial charge in [-0.15, -0.1) is 0 Å². The van der Waals surface area contributed by atoms with Crippen LogP contribution in [0.1, 0.15) is 40.6 Å². The number of hydrogen-bond donors (Lipinski definition) is 2. The molecule has 2 aromatic heterocycles. The number of urea groups is 1. The summed E-state index contributed by atoms with van der Waals surface area (Å²) in [4.78, 5) is 15.7. The first-order chi connectivity index (χ1) is 15.3. The van der Waals surface area contributed by atoms with Crippen LogP contribution in [-0.2, 0) is 10.9 Å². The standard InChI is InChI=1S/C21H17F4N5O2/c22-18-8-26-19-16(15-5-14(15)11-1-3-13(4-2-11)21(23,24)25)6-17(29-30(18)19)12-7-27-20(31)28-10-32-9-12/h1-4,6-8,14-15H,5,9-10H2,(H2,27,28,31)/b12-7+/t14-,15+/m1/s1. The molecule has 1 aliphatic carbocycles. The summed E-state index contributed by atoms with van der Waals surface area (Å²) in [5.74, 6) is -0.709. The smallest absolute Gasteiger partial charge is 0.356 e. The van der Waals surface area contributed by atoms with Crippen molar-refractivity contribution in [1.29, 1.82) is 0 Å². The molecule has 3 aromatic rings. The van der Waals surface area contributed by atoms with E-state index in [4.69, 9.17) is 4.74 Å². The average Bonchev–Trinajstić information content (AvgIpc) is 3.46. The second kappa shape index (κ2) is 7.59. The van der Waals surface area contributed by atoms with Gasteiger partial charge in [-0.25, -0.2) is 9.78 Å². The molecule has 7 nitrogen and oxygen atoms in total. The van der Waals surface area contributed by atoms with Gasteiger partial charge in [0.15, 0.2) is 5.65 Å². The van der Waals surface area contributed by atoms with E-state index < -0.39 is 23.7 Å². The maximum Gasteiger partial charge on any atom is 0.416 e. The van der Waals surface area contributed by atoms with Crippen molar-refractivity contribution in [3.8, 4) is 0 Å². The fraction of sp³-hybridized carbons (Fsp3) is 0.286. The topological polar surface area (TPSA) is 80.6 Å². The van der Waals surface area contributed by atoms with Gasteiger partial charge in [-0.05, 0) is 42.0 Å². The summed E-state index contributed by atoms with van der Waals surface area (Å²) in [7, 11) is 0. The highest BCUT2D eigenvalue weighted by molar-refractivity contribution is 5.78. The fourth-order valence-corrected chi connectivity index (χ4v) is 3.89. The molecule has 2 aliphatic rings. The minimum absolute atomic E-state index is 0.0102. The lowest BCUT2D eigenvalue weighted by Gasteiger charge is -2.15. The molecule has 0 unspecified atom stereocenters. The third kappa shape index (κ3) is 3.79. The number of imidazole rings is 1. The zero-order valence-electron chi connectivity index (χ0n) is 16.5. The van der Waals surface area contributed by atoms with Crippen LogP contribution in [0.25, 0.3) is 11.2 Å². The van der Waals surface area contributed by atoms with Gasteiger partial charge in [0.2, 0.25) is 5.95 Å². The number of alkyl halides is 3. The largest absolute Gasteiger partial charge is 0.416 e. The van der Waals surface area contributed by atoms with E-state index >= 15 is 0 Å². The van der Waals surface area contributed by atoms with Crippen LogP contribution in [0, 0.1) is 5.95 Å². The Labute approximate surface area is 179 Å². The molecule has 11 heteroatoms. The molecule has 0 bridgehead atoms. The summed E-state index contributed by atoms with van der Waals surface area (Å²) in [6, 6.07) is 6.43. The molecule has 0 spiro atoms. The van der Waals surface area contributed by atoms with Crippen molar-refractivity contribution < 1.29 is 27.1 Å². The van der Waals surface area contributed by atoms with E-state index in [1.54, 1.807) is 6.07 Å². The lowest BCUT2D eigenvalue weighted by Crippen LogP contribution is -2.36. The molecule has 0 saturated heterocycles. The number of aromatic nitrogens is 3. The second-order valence-corrected chi connectivity index (χ2v) is 7.68. The van der Waals surface area contributed by atoms with Crippen LogP contribution in [0.15, 0.2) is 42.7 Å². The number of ether oxygens (including phenoxy) is 1. The van der Waals surface area contributed by atoms with E-state index in [9.17, 15) is 22.4 Å². The highest BCUT2D eigenvalue weighted by atomic mass is 19.4. The molecule has 32 heavy (non-hydrogen) atoms. The number of halogens is 4. The molecule has 5 rings (SSSR count). The number of carbonyl (C=O) groups is 1. The fourth-order valence-electron chi connectivity index (χ4n) is 3.89. The summed E-state index contributed by atoms with van der Waals surface area (Å²) in [6.07, 6.45) is -1.18. The normalized spacial score (nSPS) is 23.0. The number of hydrogen-bond acceptors (Lipinski definition) is 4. The van der Waals surface area contributed by atoms with Crippen molar-refractivity contribution in [2.45, 2.75) is 24.4 Å². The molecular formula is C21H17F4N5O2. The first-order valence-corrected chi connectivity index (χ1v) is 9.84. The predicted octanol–water partition coefficient (Wildman–Crippen LogP) is 3.79. The highest BCUT2D eigenvalue weighted by Gasteiger charge is 2.42. The molecule has 1 fully saturated rings. The predicted molar refractivity (Wildman–Crippen MR) is 105 cm³/mol. The Morgan fingerprint density at radius 2 is 1.94 bits per heavy atom. The van der Waals surface area contributed by atoms with Crippen LogP contribution < -0.4 is 10.6 Å². The number of benzene rings is 1. The zero-order valence-corrected chi connectivity index (χ0v) is 16.5. The Bertz CT molecular complexity index is 1220. The monoisotopic (exact) mass is 447 g/mol. The van der Waals surface area contributed by atoms with E-state index in [0.29, 0.717) is 23.3 Å². The van der Waals surface area contributed by atoms with Gasteiger partial charge in [-0.2, -0.15) is 27.2 Å². The van der Waals surface area contributed by atoms with Gasteiger partial charge in [0.25, 0.3) is 0 Å². The molecule has 2 amide bonds. The quantitative estimate of drug-likeness (QED) is 0.599. The van der Waals surface area contributed by atoms with Gasteiger partial charge in [0.1, 0.15) is 6.73 Å². The van der Waals surface area contributed by atoms with Gasteiger partial charge >= 0.3 is 12.2 Å². The SMILES string of the molecule is O=C1N/C=C(/c2cc([C@H]3C[C@@H]3c3ccc(C(F)(F)F)cc3)c3ncc(F)n3n2)COCN1. The zero-order chi connectivity index (χ0) is 22.5. The molecule has 1 aliphatic heterocycles. The first kappa shape index (κ1) is 20.4. The Balaban J connectivity index is 1.49. The van der Waals surface area contributed by atoms with Crippen LogP contribution in [-0.4, -0.2) is 34.0 Å². The maximum absolute atomic E-state index is 14.3. The minimum atomic E-state index is -4.39. The Hall–Kier alpha value is -3.47. The van der Waals surface area contributed by atoms with E-state index in [0.717, 1.165) is 34.0 Å². The van der Waals surface area contributed by atoms with Crippen LogP contribution in [0.5, 0.6) is 0 Å². The average molecular weight is 447 g/mol. The molecule has 2 atom stereocenters. The molecule has 1 aromatic carbocycles. The maximum atomic E-state index is 14.3. The molecule has 3 heterocycles. The van der Waals surface area contributed by atoms with Crippen molar-refractivity contribution in [1.82, 2.24) is 25.2 Å². The highest BCUT2D eigenvalue weighted by Crippen LogP contribution is 2.55. The molecule has 1 saturated carbocycles. The first-order valence-electron chi connectivity index (χ1n) is 9.84. The van der Waals surface area contributed by atoms with Crippen LogP contribution in [0.2, 0.25) is 0 Å². The van der Waals surface area contributed by atoms with Gasteiger partial charge in [0.05, 0.1) is 24.1 Å². The van der Waals surface area contributed by atoms with E-state index in [1.807, 2.05) is 0 Å². The number of nitrogens with zero attached hydrogens (tertiary/aromatic N) is 3. The molecule has 0 radical (unpaired) electrons. The third-order valence-corrected chi connectivity index (χ3v) is 5.61. The summed E-state index contributed by atoms with van der Waals surface area (Å²) >= 11 is 0. The second-order valence-electron chi connectivity index (χ2n) is 7.68.